The van der Waals surface area contributed by atoms with Crippen LogP contribution in [0.3, 0.4) is 0 Å². The van der Waals surface area contributed by atoms with Crippen LogP contribution in [0.15, 0.2) is 41.1 Å². The lowest BCUT2D eigenvalue weighted by atomic mass is 10.1. The van der Waals surface area contributed by atoms with E-state index in [2.05, 4.69) is 11.8 Å². The number of carboxylic acid groups (broad SMARTS) is 1. The Balaban J connectivity index is 2.38. The Bertz CT molecular complexity index is 559. The minimum atomic E-state index is -0.949. The predicted molar refractivity (Wildman–Crippen MR) is 63.7 cm³/mol. The third-order valence-electron chi connectivity index (χ3n) is 2.02. The Labute approximate surface area is 97.2 Å². The van der Waals surface area contributed by atoms with E-state index in [-0.39, 0.29) is 5.56 Å². The van der Waals surface area contributed by atoms with Crippen molar-refractivity contribution in [3.8, 4) is 11.8 Å². The van der Waals surface area contributed by atoms with Crippen LogP contribution in [0.5, 0.6) is 0 Å². The van der Waals surface area contributed by atoms with Gasteiger partial charge >= 0.3 is 5.97 Å². The van der Waals surface area contributed by atoms with Crippen LogP contribution in [0.4, 0.5) is 0 Å². The van der Waals surface area contributed by atoms with Gasteiger partial charge in [0.15, 0.2) is 0 Å². The fourth-order valence-corrected chi connectivity index (χ4v) is 1.84. The third-order valence-corrected chi connectivity index (χ3v) is 2.70. The van der Waals surface area contributed by atoms with Gasteiger partial charge in [0.25, 0.3) is 0 Å². The molecule has 3 heteroatoms. The van der Waals surface area contributed by atoms with Crippen LogP contribution in [0, 0.1) is 11.8 Å². The Morgan fingerprint density at radius 3 is 2.69 bits per heavy atom. The van der Waals surface area contributed by atoms with E-state index in [4.69, 9.17) is 5.11 Å². The molecule has 0 fully saturated rings. The molecule has 0 aliphatic carbocycles. The topological polar surface area (TPSA) is 37.3 Å². The zero-order chi connectivity index (χ0) is 11.4. The molecule has 2 nitrogen and oxygen atoms in total. The Hall–Kier alpha value is -2.05. The van der Waals surface area contributed by atoms with Crippen LogP contribution in [0.1, 0.15) is 21.5 Å². The van der Waals surface area contributed by atoms with Crippen molar-refractivity contribution < 1.29 is 9.90 Å². The molecule has 78 valence electrons. The van der Waals surface area contributed by atoms with Crippen molar-refractivity contribution in [1.29, 1.82) is 0 Å². The minimum Gasteiger partial charge on any atom is -0.478 e. The van der Waals surface area contributed by atoms with Crippen LogP contribution in [-0.4, -0.2) is 11.1 Å². The van der Waals surface area contributed by atoms with Crippen molar-refractivity contribution in [2.45, 2.75) is 0 Å². The van der Waals surface area contributed by atoms with E-state index in [9.17, 15) is 4.79 Å². The highest BCUT2D eigenvalue weighted by molar-refractivity contribution is 7.08. The van der Waals surface area contributed by atoms with Gasteiger partial charge in [-0.05, 0) is 23.6 Å². The van der Waals surface area contributed by atoms with Gasteiger partial charge in [0, 0.05) is 16.5 Å². The first kappa shape index (κ1) is 10.5. The van der Waals surface area contributed by atoms with Crippen molar-refractivity contribution >= 4 is 17.3 Å². The smallest absolute Gasteiger partial charge is 0.336 e. The van der Waals surface area contributed by atoms with E-state index in [0.29, 0.717) is 5.56 Å². The number of carbonyl (C=O) groups is 1. The molecule has 2 rings (SSSR count). The first-order valence-electron chi connectivity index (χ1n) is 4.64. The summed E-state index contributed by atoms with van der Waals surface area (Å²) in [6.45, 7) is 0. The summed E-state index contributed by atoms with van der Waals surface area (Å²) in [5.74, 6) is 4.86. The van der Waals surface area contributed by atoms with Gasteiger partial charge < -0.3 is 5.11 Å². The highest BCUT2D eigenvalue weighted by Gasteiger charge is 2.05. The number of carboxylic acids is 1. The van der Waals surface area contributed by atoms with Crippen molar-refractivity contribution in [1.82, 2.24) is 0 Å². The summed E-state index contributed by atoms with van der Waals surface area (Å²) in [4.78, 5) is 10.9. The van der Waals surface area contributed by atoms with Gasteiger partial charge in [0.1, 0.15) is 0 Å². The SMILES string of the molecule is O=C(O)c1ccccc1C#Cc1ccsc1. The molecule has 0 amide bonds. The van der Waals surface area contributed by atoms with Crippen molar-refractivity contribution in [3.05, 3.63) is 57.8 Å². The largest absolute Gasteiger partial charge is 0.478 e. The number of hydrogen-bond acceptors (Lipinski definition) is 2. The van der Waals surface area contributed by atoms with Gasteiger partial charge in [0.2, 0.25) is 0 Å². The molecule has 1 N–H and O–H groups in total. The van der Waals surface area contributed by atoms with Gasteiger partial charge in [0.05, 0.1) is 5.56 Å². The second-order valence-corrected chi connectivity index (χ2v) is 3.89. The van der Waals surface area contributed by atoms with Gasteiger partial charge in [-0.3, -0.25) is 0 Å². The van der Waals surface area contributed by atoms with Crippen LogP contribution < -0.4 is 0 Å². The highest BCUT2D eigenvalue weighted by atomic mass is 32.1. The number of thiophene rings is 1. The second kappa shape index (κ2) is 4.65. The van der Waals surface area contributed by atoms with Crippen LogP contribution >= 0.6 is 11.3 Å². The lowest BCUT2D eigenvalue weighted by molar-refractivity contribution is 0.0696. The third kappa shape index (κ3) is 2.30. The molecule has 1 aromatic heterocycles. The molecule has 0 saturated heterocycles. The van der Waals surface area contributed by atoms with E-state index in [1.807, 2.05) is 16.8 Å². The normalized spacial score (nSPS) is 9.25. The minimum absolute atomic E-state index is 0.241. The van der Waals surface area contributed by atoms with Crippen molar-refractivity contribution in [3.63, 3.8) is 0 Å². The zero-order valence-corrected chi connectivity index (χ0v) is 9.12. The maximum absolute atomic E-state index is 10.9. The standard InChI is InChI=1S/C13H8O2S/c14-13(15)12-4-2-1-3-11(12)6-5-10-7-8-16-9-10/h1-4,7-9H,(H,14,15). The number of rotatable bonds is 1. The number of aromatic carboxylic acids is 1. The van der Waals surface area contributed by atoms with E-state index in [1.165, 1.54) is 0 Å². The summed E-state index contributed by atoms with van der Waals surface area (Å²) in [6.07, 6.45) is 0. The van der Waals surface area contributed by atoms with E-state index in [0.717, 1.165) is 5.56 Å². The average molecular weight is 228 g/mol. The monoisotopic (exact) mass is 228 g/mol. The molecule has 0 aliphatic heterocycles. The number of benzene rings is 1. The molecular formula is C13H8O2S. The maximum atomic E-state index is 10.9. The molecule has 1 heterocycles. The quantitative estimate of drug-likeness (QED) is 0.762. The molecule has 0 bridgehead atoms. The molecule has 0 unspecified atom stereocenters. The first-order chi connectivity index (χ1) is 7.77. The molecule has 0 saturated carbocycles. The Morgan fingerprint density at radius 2 is 2.00 bits per heavy atom. The van der Waals surface area contributed by atoms with Gasteiger partial charge in [-0.2, -0.15) is 11.3 Å². The maximum Gasteiger partial charge on any atom is 0.336 e. The van der Waals surface area contributed by atoms with Crippen LogP contribution in [0.2, 0.25) is 0 Å². The molecule has 0 spiro atoms. The summed E-state index contributed by atoms with van der Waals surface area (Å²) < 4.78 is 0. The first-order valence-corrected chi connectivity index (χ1v) is 5.58. The van der Waals surface area contributed by atoms with Crippen molar-refractivity contribution in [2.75, 3.05) is 0 Å². The Morgan fingerprint density at radius 1 is 1.19 bits per heavy atom. The van der Waals surface area contributed by atoms with Crippen LogP contribution in [0.25, 0.3) is 0 Å². The average Bonchev–Trinajstić information content (AvgIpc) is 2.79. The van der Waals surface area contributed by atoms with Crippen molar-refractivity contribution in [2.24, 2.45) is 0 Å². The number of hydrogen-bond donors (Lipinski definition) is 1. The van der Waals surface area contributed by atoms with E-state index < -0.39 is 5.97 Å². The Kier molecular flexibility index (Phi) is 3.04. The molecule has 0 radical (unpaired) electrons. The molecule has 2 aromatic rings. The fourth-order valence-electron chi connectivity index (χ4n) is 1.25. The summed E-state index contributed by atoms with van der Waals surface area (Å²) in [6, 6.07) is 8.65. The predicted octanol–water partition coefficient (Wildman–Crippen LogP) is 2.85. The van der Waals surface area contributed by atoms with Gasteiger partial charge in [-0.1, -0.05) is 24.0 Å². The van der Waals surface area contributed by atoms with E-state index in [1.54, 1.807) is 35.6 Å². The van der Waals surface area contributed by atoms with Gasteiger partial charge in [-0.25, -0.2) is 4.79 Å². The second-order valence-electron chi connectivity index (χ2n) is 3.11. The lowest BCUT2D eigenvalue weighted by Crippen LogP contribution is -1.99. The summed E-state index contributed by atoms with van der Waals surface area (Å²) in [7, 11) is 0. The van der Waals surface area contributed by atoms with Gasteiger partial charge in [-0.15, -0.1) is 0 Å². The summed E-state index contributed by atoms with van der Waals surface area (Å²) in [5, 5.41) is 12.8. The van der Waals surface area contributed by atoms with E-state index >= 15 is 0 Å². The molecule has 0 aliphatic rings. The molecule has 1 aromatic carbocycles. The lowest BCUT2D eigenvalue weighted by Gasteiger charge is -1.96. The molecular weight excluding hydrogens is 220 g/mol. The fraction of sp³-hybridized carbons (Fsp3) is 0. The summed E-state index contributed by atoms with van der Waals surface area (Å²) in [5.41, 5.74) is 1.69. The van der Waals surface area contributed by atoms with Crippen LogP contribution in [-0.2, 0) is 0 Å². The molecule has 16 heavy (non-hydrogen) atoms. The zero-order valence-electron chi connectivity index (χ0n) is 8.31. The highest BCUT2D eigenvalue weighted by Crippen LogP contribution is 2.08. The molecule has 0 atom stereocenters. The summed E-state index contributed by atoms with van der Waals surface area (Å²) >= 11 is 1.57.